The van der Waals surface area contributed by atoms with Gasteiger partial charge in [-0.15, -0.1) is 0 Å². The molecule has 0 aliphatic heterocycles. The molecular formula is C12H29O10P. The number of phosphoric acid groups is 1. The van der Waals surface area contributed by atoms with Crippen LogP contribution in [0.5, 0.6) is 0 Å². The van der Waals surface area contributed by atoms with Crippen LogP contribution < -0.4 is 0 Å². The number of ether oxygens (including phenoxy) is 2. The highest BCUT2D eigenvalue weighted by Crippen LogP contribution is 2.25. The summed E-state index contributed by atoms with van der Waals surface area (Å²) in [5.41, 5.74) is 0. The number of unbranched alkanes of at least 4 members (excludes halogenated alkanes) is 3. The fourth-order valence-corrected chi connectivity index (χ4v) is 1.31. The molecule has 0 amide bonds. The molecule has 0 aliphatic carbocycles. The molecule has 2 unspecified atom stereocenters. The van der Waals surface area contributed by atoms with Crippen LogP contribution in [-0.2, 0) is 14.0 Å². The second-order valence-corrected chi connectivity index (χ2v) is 5.78. The van der Waals surface area contributed by atoms with Crippen molar-refractivity contribution in [2.45, 2.75) is 37.9 Å². The lowest BCUT2D eigenvalue weighted by molar-refractivity contribution is 0.00273. The fraction of sp³-hybridized carbons (Fsp3) is 1.00. The Morgan fingerprint density at radius 2 is 1.04 bits per heavy atom. The minimum atomic E-state index is -4.64. The van der Waals surface area contributed by atoms with Crippen LogP contribution >= 0.6 is 7.82 Å². The van der Waals surface area contributed by atoms with E-state index >= 15 is 0 Å². The lowest BCUT2D eigenvalue weighted by Gasteiger charge is -2.09. The average molecular weight is 364 g/mol. The number of rotatable bonds is 13. The Bertz CT molecular complexity index is 259. The zero-order valence-electron chi connectivity index (χ0n) is 13.0. The van der Waals surface area contributed by atoms with Gasteiger partial charge < -0.3 is 44.6 Å². The third-order valence-corrected chi connectivity index (χ3v) is 2.37. The van der Waals surface area contributed by atoms with Crippen molar-refractivity contribution in [3.63, 3.8) is 0 Å². The summed E-state index contributed by atoms with van der Waals surface area (Å²) in [5, 5.41) is 35.1. The van der Waals surface area contributed by atoms with E-state index in [0.717, 1.165) is 25.7 Å². The lowest BCUT2D eigenvalue weighted by Crippen LogP contribution is -2.19. The van der Waals surface area contributed by atoms with E-state index in [2.05, 4.69) is 0 Å². The minimum Gasteiger partial charge on any atom is -0.394 e. The lowest BCUT2D eigenvalue weighted by atomic mass is 10.2. The van der Waals surface area contributed by atoms with Crippen LogP contribution in [0.1, 0.15) is 25.7 Å². The van der Waals surface area contributed by atoms with Crippen molar-refractivity contribution >= 4 is 7.82 Å². The van der Waals surface area contributed by atoms with E-state index in [1.807, 2.05) is 0 Å². The number of hydrogen-bond acceptors (Lipinski definition) is 7. The maximum Gasteiger partial charge on any atom is 0.466 e. The quantitative estimate of drug-likeness (QED) is 0.148. The van der Waals surface area contributed by atoms with Crippen molar-refractivity contribution in [3.8, 4) is 0 Å². The van der Waals surface area contributed by atoms with Crippen molar-refractivity contribution in [2.75, 3.05) is 39.6 Å². The summed E-state index contributed by atoms with van der Waals surface area (Å²) in [4.78, 5) is 21.6. The van der Waals surface area contributed by atoms with Gasteiger partial charge in [0.1, 0.15) is 12.2 Å². The molecule has 2 atom stereocenters. The molecule has 7 N–H and O–H groups in total. The van der Waals surface area contributed by atoms with Crippen LogP contribution in [0.4, 0.5) is 0 Å². The van der Waals surface area contributed by atoms with Gasteiger partial charge in [0.05, 0.1) is 26.4 Å². The molecule has 0 saturated heterocycles. The molecule has 10 nitrogen and oxygen atoms in total. The summed E-state index contributed by atoms with van der Waals surface area (Å²) in [6.07, 6.45) is 2.30. The van der Waals surface area contributed by atoms with E-state index in [4.69, 9.17) is 49.1 Å². The van der Waals surface area contributed by atoms with Gasteiger partial charge in [-0.2, -0.15) is 0 Å². The maximum atomic E-state index is 8.99. The first-order valence-corrected chi connectivity index (χ1v) is 8.78. The summed E-state index contributed by atoms with van der Waals surface area (Å²) in [5.74, 6) is 0. The smallest absolute Gasteiger partial charge is 0.394 e. The van der Waals surface area contributed by atoms with Gasteiger partial charge in [0.25, 0.3) is 0 Å². The van der Waals surface area contributed by atoms with Crippen molar-refractivity contribution in [1.29, 1.82) is 0 Å². The molecule has 23 heavy (non-hydrogen) atoms. The van der Waals surface area contributed by atoms with Crippen LogP contribution in [-0.4, -0.2) is 87.0 Å². The molecule has 0 rings (SSSR count). The van der Waals surface area contributed by atoms with Gasteiger partial charge in [0.15, 0.2) is 0 Å². The predicted octanol–water partition coefficient (Wildman–Crippen LogP) is -1.64. The van der Waals surface area contributed by atoms with E-state index < -0.39 is 20.0 Å². The number of aliphatic hydroxyl groups excluding tert-OH is 4. The second-order valence-electron chi connectivity index (χ2n) is 4.75. The van der Waals surface area contributed by atoms with Gasteiger partial charge >= 0.3 is 7.82 Å². The van der Waals surface area contributed by atoms with Gasteiger partial charge in [-0.05, 0) is 12.8 Å². The molecule has 0 aliphatic rings. The Kier molecular flexibility index (Phi) is 18.3. The highest BCUT2D eigenvalue weighted by atomic mass is 31.2. The van der Waals surface area contributed by atoms with Gasteiger partial charge in [-0.25, -0.2) is 4.57 Å². The van der Waals surface area contributed by atoms with Crippen LogP contribution in [0.3, 0.4) is 0 Å². The van der Waals surface area contributed by atoms with Crippen LogP contribution in [0.2, 0.25) is 0 Å². The van der Waals surface area contributed by atoms with E-state index in [9.17, 15) is 0 Å². The minimum absolute atomic E-state index is 0.179. The maximum absolute atomic E-state index is 8.99. The molecule has 0 bridgehead atoms. The standard InChI is InChI=1S/C12H26O6.H3O4P/c13-7-11(15)9-17-5-3-1-2-4-6-18-10-12(16)8-14;1-5(2,3)4/h11-16H,1-10H2;(H3,1,2,3,4). The van der Waals surface area contributed by atoms with Gasteiger partial charge in [0.2, 0.25) is 0 Å². The average Bonchev–Trinajstić information content (AvgIpc) is 2.46. The molecule has 0 spiro atoms. The first-order chi connectivity index (χ1) is 10.7. The van der Waals surface area contributed by atoms with E-state index in [-0.39, 0.29) is 26.4 Å². The van der Waals surface area contributed by atoms with Crippen molar-refractivity contribution in [1.82, 2.24) is 0 Å². The molecule has 142 valence electrons. The van der Waals surface area contributed by atoms with Crippen molar-refractivity contribution in [3.05, 3.63) is 0 Å². The Morgan fingerprint density at radius 3 is 1.30 bits per heavy atom. The summed E-state index contributed by atoms with van der Waals surface area (Å²) in [6.45, 7) is 0.994. The second kappa shape index (κ2) is 16.7. The fourth-order valence-electron chi connectivity index (χ4n) is 1.31. The van der Waals surface area contributed by atoms with Crippen molar-refractivity contribution in [2.24, 2.45) is 0 Å². The summed E-state index contributed by atoms with van der Waals surface area (Å²) in [7, 11) is -4.64. The third kappa shape index (κ3) is 30.3. The third-order valence-electron chi connectivity index (χ3n) is 2.37. The Labute approximate surface area is 135 Å². The van der Waals surface area contributed by atoms with Gasteiger partial charge in [-0.3, -0.25) is 0 Å². The molecule has 11 heteroatoms. The highest BCUT2D eigenvalue weighted by molar-refractivity contribution is 7.45. The first-order valence-electron chi connectivity index (χ1n) is 7.22. The SMILES string of the molecule is O=P(O)(O)O.OCC(O)COCCCCCCOCC(O)CO. The first kappa shape index (κ1) is 25.1. The topological polar surface area (TPSA) is 177 Å². The zero-order chi connectivity index (χ0) is 18.1. The molecule has 0 saturated carbocycles. The Morgan fingerprint density at radius 1 is 0.739 bits per heavy atom. The molecular weight excluding hydrogens is 335 g/mol. The monoisotopic (exact) mass is 364 g/mol. The van der Waals surface area contributed by atoms with Crippen molar-refractivity contribution < 1.29 is 49.1 Å². The normalized spacial score (nSPS) is 14.0. The molecule has 0 aromatic rings. The van der Waals surface area contributed by atoms with Crippen LogP contribution in [0.25, 0.3) is 0 Å². The van der Waals surface area contributed by atoms with Crippen LogP contribution in [0, 0.1) is 0 Å². The number of hydrogen-bond donors (Lipinski definition) is 7. The molecule has 0 aromatic carbocycles. The van der Waals surface area contributed by atoms with E-state index in [1.54, 1.807) is 0 Å². The largest absolute Gasteiger partial charge is 0.466 e. The van der Waals surface area contributed by atoms with E-state index in [1.165, 1.54) is 0 Å². The summed E-state index contributed by atoms with van der Waals surface area (Å²) in [6, 6.07) is 0. The van der Waals surface area contributed by atoms with Crippen LogP contribution in [0.15, 0.2) is 0 Å². The zero-order valence-corrected chi connectivity index (χ0v) is 13.9. The Balaban J connectivity index is 0. The highest BCUT2D eigenvalue weighted by Gasteiger charge is 2.02. The summed E-state index contributed by atoms with van der Waals surface area (Å²) >= 11 is 0. The summed E-state index contributed by atoms with van der Waals surface area (Å²) < 4.78 is 19.2. The molecule has 0 aromatic heterocycles. The van der Waals surface area contributed by atoms with Gasteiger partial charge in [0, 0.05) is 13.2 Å². The Hall–Kier alpha value is -0.130. The molecule has 0 radical (unpaired) electrons. The molecule has 0 heterocycles. The number of aliphatic hydroxyl groups is 4. The van der Waals surface area contributed by atoms with E-state index in [0.29, 0.717) is 13.2 Å². The predicted molar refractivity (Wildman–Crippen MR) is 80.6 cm³/mol. The van der Waals surface area contributed by atoms with Gasteiger partial charge in [-0.1, -0.05) is 12.8 Å². The molecule has 0 fully saturated rings.